The largest absolute Gasteiger partial charge is 1.00 e. The van der Waals surface area contributed by atoms with Crippen LogP contribution in [0.5, 0.6) is 0 Å². The van der Waals surface area contributed by atoms with Crippen LogP contribution in [0.15, 0.2) is 5.16 Å². The van der Waals surface area contributed by atoms with Crippen molar-refractivity contribution in [1.82, 2.24) is 0 Å². The van der Waals surface area contributed by atoms with Gasteiger partial charge in [-0.1, -0.05) is 6.92 Å². The molecule has 0 fully saturated rings. The molecule has 1 unspecified atom stereocenters. The quantitative estimate of drug-likeness (QED) is 0.196. The first kappa shape index (κ1) is 12.2. The third-order valence-electron chi connectivity index (χ3n) is 0.371. The first-order valence-corrected chi connectivity index (χ1v) is 3.20. The molecule has 46 valence electrons. The molecule has 0 aromatic heterocycles. The molecule has 1 atom stereocenters. The van der Waals surface area contributed by atoms with E-state index in [0.29, 0.717) is 6.42 Å². The number of oxime groups is 1. The van der Waals surface area contributed by atoms with Gasteiger partial charge in [-0.05, 0) is 16.1 Å². The normalized spacial score (nSPS) is 10.7. The van der Waals surface area contributed by atoms with Gasteiger partial charge >= 0.3 is 37.8 Å². The molecule has 6 heteroatoms. The van der Waals surface area contributed by atoms with Crippen LogP contribution in [0.1, 0.15) is 13.3 Å². The Hall–Kier alpha value is 0.530. The maximum atomic E-state index is 9.58. The van der Waals surface area contributed by atoms with Crippen molar-refractivity contribution < 1.29 is 43.6 Å². The van der Waals surface area contributed by atoms with Gasteiger partial charge in [-0.25, -0.2) is 0 Å². The minimum absolute atomic E-state index is 0. The van der Waals surface area contributed by atoms with Gasteiger partial charge in [0.25, 0.3) is 0 Å². The Morgan fingerprint density at radius 3 is 2.78 bits per heavy atom. The molecule has 0 aliphatic heterocycles. The van der Waals surface area contributed by atoms with E-state index in [0.717, 1.165) is 0 Å². The van der Waals surface area contributed by atoms with E-state index in [4.69, 9.17) is 0 Å². The number of nitrogens with zero attached hydrogens (tertiary/aromatic N) is 1. The van der Waals surface area contributed by atoms with E-state index in [1.54, 1.807) is 0 Å². The molecule has 0 radical (unpaired) electrons. The van der Waals surface area contributed by atoms with Crippen molar-refractivity contribution in [3.63, 3.8) is 0 Å². The van der Waals surface area contributed by atoms with E-state index >= 15 is 0 Å². The van der Waals surface area contributed by atoms with Crippen LogP contribution in [0.25, 0.3) is 0 Å². The SMILES string of the molecule is CCC=NO[P+](=O)[O-].[Na+]. The molecule has 0 aliphatic carbocycles. The van der Waals surface area contributed by atoms with Crippen molar-refractivity contribution in [2.45, 2.75) is 13.3 Å². The standard InChI is InChI=1S/C3H6NO3P.Na/c1-2-3-4-7-8(5)6;/h3H,2H2,1H3;/q;+1. The number of hydrogen-bond acceptors (Lipinski definition) is 4. The van der Waals surface area contributed by atoms with E-state index in [2.05, 4.69) is 9.78 Å². The van der Waals surface area contributed by atoms with Gasteiger partial charge in [-0.2, -0.15) is 0 Å². The Morgan fingerprint density at radius 1 is 1.89 bits per heavy atom. The predicted molar refractivity (Wildman–Crippen MR) is 27.5 cm³/mol. The summed E-state index contributed by atoms with van der Waals surface area (Å²) in [4.78, 5) is 9.58. The van der Waals surface area contributed by atoms with Crippen molar-refractivity contribution in [2.75, 3.05) is 0 Å². The van der Waals surface area contributed by atoms with Gasteiger partial charge in [-0.15, -0.1) is 4.62 Å². The third kappa shape index (κ3) is 11.9. The topological polar surface area (TPSA) is 61.7 Å². The van der Waals surface area contributed by atoms with Gasteiger partial charge < -0.3 is 4.89 Å². The predicted octanol–water partition coefficient (Wildman–Crippen LogP) is -2.58. The average Bonchev–Trinajstić information content (AvgIpc) is 1.66. The number of rotatable bonds is 3. The zero-order chi connectivity index (χ0) is 6.41. The molecular weight excluding hydrogens is 152 g/mol. The molecule has 0 saturated carbocycles. The van der Waals surface area contributed by atoms with Gasteiger partial charge in [0, 0.05) is 6.21 Å². The van der Waals surface area contributed by atoms with Crippen LogP contribution in [0.4, 0.5) is 0 Å². The van der Waals surface area contributed by atoms with E-state index in [1.165, 1.54) is 6.21 Å². The van der Waals surface area contributed by atoms with Crippen LogP contribution < -0.4 is 34.5 Å². The number of hydrogen-bond donors (Lipinski definition) is 0. The first-order chi connectivity index (χ1) is 3.77. The van der Waals surface area contributed by atoms with E-state index in [-0.39, 0.29) is 29.6 Å². The molecule has 0 heterocycles. The third-order valence-corrected chi connectivity index (χ3v) is 0.599. The van der Waals surface area contributed by atoms with E-state index < -0.39 is 8.25 Å². The Labute approximate surface area is 76.5 Å². The summed E-state index contributed by atoms with van der Waals surface area (Å²) in [7, 11) is -2.81. The molecule has 0 aromatic carbocycles. The van der Waals surface area contributed by atoms with Gasteiger partial charge in [0.2, 0.25) is 0 Å². The zero-order valence-corrected chi connectivity index (χ0v) is 8.30. The molecule has 0 rings (SSSR count). The van der Waals surface area contributed by atoms with Gasteiger partial charge in [-0.3, -0.25) is 0 Å². The fraction of sp³-hybridized carbons (Fsp3) is 0.667. The van der Waals surface area contributed by atoms with Crippen molar-refractivity contribution >= 4 is 14.5 Å². The molecule has 0 saturated heterocycles. The van der Waals surface area contributed by atoms with Gasteiger partial charge in [0.05, 0.1) is 0 Å². The maximum Gasteiger partial charge on any atom is 1.00 e. The molecular formula is C3H6NNaO3P+. The summed E-state index contributed by atoms with van der Waals surface area (Å²) in [5, 5.41) is 3.07. The summed E-state index contributed by atoms with van der Waals surface area (Å²) >= 11 is 0. The second kappa shape index (κ2) is 8.53. The summed E-state index contributed by atoms with van der Waals surface area (Å²) in [6.07, 6.45) is 2.04. The van der Waals surface area contributed by atoms with Crippen LogP contribution >= 0.6 is 8.25 Å². The van der Waals surface area contributed by atoms with Gasteiger partial charge in [0.15, 0.2) is 0 Å². The summed E-state index contributed by atoms with van der Waals surface area (Å²) in [6, 6.07) is 0. The monoisotopic (exact) mass is 158 g/mol. The van der Waals surface area contributed by atoms with Crippen molar-refractivity contribution in [3.8, 4) is 0 Å². The van der Waals surface area contributed by atoms with Crippen LogP contribution in [0.2, 0.25) is 0 Å². The van der Waals surface area contributed by atoms with E-state index in [1.807, 2.05) is 6.92 Å². The Morgan fingerprint density at radius 2 is 2.44 bits per heavy atom. The fourth-order valence-corrected chi connectivity index (χ4v) is 0.290. The molecule has 4 nitrogen and oxygen atoms in total. The zero-order valence-electron chi connectivity index (χ0n) is 5.40. The molecule has 0 bridgehead atoms. The summed E-state index contributed by atoms with van der Waals surface area (Å²) in [5.41, 5.74) is 0. The first-order valence-electron chi connectivity index (χ1n) is 2.10. The average molecular weight is 158 g/mol. The summed E-state index contributed by atoms with van der Waals surface area (Å²) in [5.74, 6) is 0. The molecule has 0 N–H and O–H groups in total. The van der Waals surface area contributed by atoms with Gasteiger partial charge in [0.1, 0.15) is 0 Å². The van der Waals surface area contributed by atoms with Crippen molar-refractivity contribution in [3.05, 3.63) is 0 Å². The maximum absolute atomic E-state index is 9.58. The second-order valence-corrected chi connectivity index (χ2v) is 1.61. The summed E-state index contributed by atoms with van der Waals surface area (Å²) in [6.45, 7) is 1.82. The molecule has 9 heavy (non-hydrogen) atoms. The molecule has 0 amide bonds. The summed E-state index contributed by atoms with van der Waals surface area (Å²) < 4.78 is 13.4. The van der Waals surface area contributed by atoms with Crippen LogP contribution in [-0.4, -0.2) is 6.21 Å². The molecule has 0 aromatic rings. The molecule has 0 aliphatic rings. The van der Waals surface area contributed by atoms with Crippen LogP contribution in [0, 0.1) is 0 Å². The molecule has 0 spiro atoms. The van der Waals surface area contributed by atoms with E-state index in [9.17, 15) is 9.46 Å². The minimum atomic E-state index is -2.81. The Bertz CT molecular complexity index is 107. The van der Waals surface area contributed by atoms with Crippen LogP contribution in [-0.2, 0) is 9.19 Å². The fourth-order valence-electron chi connectivity index (χ4n) is 0.146. The van der Waals surface area contributed by atoms with Crippen LogP contribution in [0.3, 0.4) is 0 Å². The van der Waals surface area contributed by atoms with Crippen molar-refractivity contribution in [2.24, 2.45) is 5.16 Å². The Kier molecular flexibility index (Phi) is 11.6. The Balaban J connectivity index is 0. The smallest absolute Gasteiger partial charge is 0.557 e. The second-order valence-electron chi connectivity index (χ2n) is 1.00. The minimum Gasteiger partial charge on any atom is -0.557 e. The van der Waals surface area contributed by atoms with Crippen molar-refractivity contribution in [1.29, 1.82) is 0 Å².